The van der Waals surface area contributed by atoms with Gasteiger partial charge in [0.2, 0.25) is 0 Å². The van der Waals surface area contributed by atoms with E-state index in [2.05, 4.69) is 217 Å². The average Bonchev–Trinajstić information content (AvgIpc) is 3.63. The fraction of sp³-hybridized carbons (Fsp3) is 0.0351. The Bertz CT molecular complexity index is 3000. The highest BCUT2D eigenvalue weighted by Crippen LogP contribution is 2.59. The maximum Gasteiger partial charge on any atom is 0.132 e. The van der Waals surface area contributed by atoms with E-state index in [1.54, 1.807) is 0 Å². The van der Waals surface area contributed by atoms with Crippen molar-refractivity contribution in [2.45, 2.75) is 10.8 Å². The predicted molar refractivity (Wildman–Crippen MR) is 242 cm³/mol. The molecule has 1 aliphatic heterocycles. The molecular weight excluding hydrogens is 729 g/mol. The highest BCUT2D eigenvalue weighted by molar-refractivity contribution is 5.88. The molecule has 11 rings (SSSR count). The van der Waals surface area contributed by atoms with Gasteiger partial charge in [-0.2, -0.15) is 5.26 Å². The van der Waals surface area contributed by atoms with E-state index >= 15 is 0 Å². The van der Waals surface area contributed by atoms with Crippen LogP contribution < -0.4 is 9.64 Å². The molecule has 0 spiro atoms. The number of nitrogens with zero attached hydrogens (tertiary/aromatic N) is 2. The Kier molecular flexibility index (Phi) is 8.32. The molecular formula is C57H38N2O. The summed E-state index contributed by atoms with van der Waals surface area (Å²) in [4.78, 5) is 2.37. The summed E-state index contributed by atoms with van der Waals surface area (Å²) in [6, 6.07) is 84.5. The number of benzene rings is 9. The number of para-hydroxylation sites is 3. The standard InChI is InChI=1S/C57H38N2O/c58-39-40-34-36-44(37-35-40)59(45-23-17-22-43(38-45)56(41-18-3-1-4-19-41)48-26-9-7-24-46(48)47-25-8-10-27-49(47)56)53-31-14-11-28-50(53)57(42-20-5-2-6-21-42)51-29-12-15-32-54(51)60-55-33-16-13-30-52(55)57/h1-38H. The Hall–Kier alpha value is -7.93. The Morgan fingerprint density at radius 3 is 1.42 bits per heavy atom. The monoisotopic (exact) mass is 766 g/mol. The molecule has 3 nitrogen and oxygen atoms in total. The second-order valence-electron chi connectivity index (χ2n) is 15.5. The quantitative estimate of drug-likeness (QED) is 0.162. The summed E-state index contributed by atoms with van der Waals surface area (Å²) in [6.45, 7) is 0. The van der Waals surface area contributed by atoms with Crippen LogP contribution in [0.25, 0.3) is 11.1 Å². The van der Waals surface area contributed by atoms with Gasteiger partial charge in [0.1, 0.15) is 11.5 Å². The normalized spacial score (nSPS) is 13.7. The molecule has 0 N–H and O–H groups in total. The molecule has 0 saturated carbocycles. The third-order valence-electron chi connectivity index (χ3n) is 12.5. The van der Waals surface area contributed by atoms with E-state index in [0.717, 1.165) is 50.8 Å². The van der Waals surface area contributed by atoms with Gasteiger partial charge in [0, 0.05) is 22.5 Å². The van der Waals surface area contributed by atoms with Gasteiger partial charge >= 0.3 is 0 Å². The number of anilines is 3. The van der Waals surface area contributed by atoms with Crippen molar-refractivity contribution in [3.8, 4) is 28.7 Å². The lowest BCUT2D eigenvalue weighted by molar-refractivity contribution is 0.434. The Labute approximate surface area is 350 Å². The minimum atomic E-state index is -0.764. The van der Waals surface area contributed by atoms with Gasteiger partial charge in [-0.15, -0.1) is 0 Å². The van der Waals surface area contributed by atoms with Gasteiger partial charge in [-0.05, 0) is 99.1 Å². The van der Waals surface area contributed by atoms with Crippen molar-refractivity contribution in [1.82, 2.24) is 0 Å². The lowest BCUT2D eigenvalue weighted by atomic mass is 9.63. The number of ether oxygens (including phenoxy) is 1. The van der Waals surface area contributed by atoms with Crippen molar-refractivity contribution >= 4 is 17.1 Å². The van der Waals surface area contributed by atoms with Gasteiger partial charge in [-0.3, -0.25) is 0 Å². The van der Waals surface area contributed by atoms with E-state index < -0.39 is 10.8 Å². The molecule has 0 bridgehead atoms. The van der Waals surface area contributed by atoms with Crippen LogP contribution >= 0.6 is 0 Å². The Morgan fingerprint density at radius 1 is 0.367 bits per heavy atom. The SMILES string of the molecule is N#Cc1ccc(N(c2cccc(C3(c4ccccc4)c4ccccc4-c4ccccc43)c2)c2ccccc2C2(c3ccccc3)c3ccccc3Oc3ccccc32)cc1. The number of hydrogen-bond donors (Lipinski definition) is 0. The second-order valence-corrected chi connectivity index (χ2v) is 15.5. The minimum absolute atomic E-state index is 0.579. The minimum Gasteiger partial charge on any atom is -0.457 e. The molecule has 0 radical (unpaired) electrons. The molecule has 0 saturated heterocycles. The topological polar surface area (TPSA) is 36.3 Å². The van der Waals surface area contributed by atoms with Gasteiger partial charge in [-0.25, -0.2) is 0 Å². The van der Waals surface area contributed by atoms with Crippen molar-refractivity contribution in [3.63, 3.8) is 0 Å². The first-order chi connectivity index (χ1) is 29.7. The van der Waals surface area contributed by atoms with Gasteiger partial charge in [0.05, 0.1) is 28.2 Å². The van der Waals surface area contributed by atoms with Crippen LogP contribution in [0.3, 0.4) is 0 Å². The highest BCUT2D eigenvalue weighted by Gasteiger charge is 2.48. The lowest BCUT2D eigenvalue weighted by Crippen LogP contribution is -2.35. The summed E-state index contributed by atoms with van der Waals surface area (Å²) in [5, 5.41) is 9.94. The molecule has 0 aromatic heterocycles. The molecule has 3 heteroatoms. The van der Waals surface area contributed by atoms with Gasteiger partial charge in [-0.1, -0.05) is 176 Å². The zero-order chi connectivity index (χ0) is 40.1. The molecule has 0 fully saturated rings. The maximum atomic E-state index is 9.94. The van der Waals surface area contributed by atoms with Crippen LogP contribution in [-0.2, 0) is 10.8 Å². The van der Waals surface area contributed by atoms with E-state index in [-0.39, 0.29) is 0 Å². The Morgan fingerprint density at radius 2 is 0.833 bits per heavy atom. The third kappa shape index (κ3) is 5.15. The van der Waals surface area contributed by atoms with E-state index in [1.165, 1.54) is 33.4 Å². The summed E-state index contributed by atoms with van der Waals surface area (Å²) in [7, 11) is 0. The summed E-state index contributed by atoms with van der Waals surface area (Å²) < 4.78 is 6.71. The van der Waals surface area contributed by atoms with Crippen LogP contribution in [0.1, 0.15) is 50.1 Å². The van der Waals surface area contributed by atoms with Crippen molar-refractivity contribution in [1.29, 1.82) is 5.26 Å². The fourth-order valence-electron chi connectivity index (χ4n) is 10.1. The fourth-order valence-corrected chi connectivity index (χ4v) is 10.1. The first kappa shape index (κ1) is 35.2. The molecule has 0 unspecified atom stereocenters. The smallest absolute Gasteiger partial charge is 0.132 e. The summed E-state index contributed by atoms with van der Waals surface area (Å²) in [5.74, 6) is 1.65. The lowest BCUT2D eigenvalue weighted by Gasteiger charge is -2.43. The highest BCUT2D eigenvalue weighted by atomic mass is 16.5. The van der Waals surface area contributed by atoms with Crippen LogP contribution in [0.4, 0.5) is 17.1 Å². The zero-order valence-electron chi connectivity index (χ0n) is 32.7. The molecule has 1 heterocycles. The zero-order valence-corrected chi connectivity index (χ0v) is 32.7. The Balaban J connectivity index is 1.22. The van der Waals surface area contributed by atoms with Crippen LogP contribution in [0.2, 0.25) is 0 Å². The van der Waals surface area contributed by atoms with E-state index in [4.69, 9.17) is 4.74 Å². The van der Waals surface area contributed by atoms with Crippen LogP contribution in [-0.4, -0.2) is 0 Å². The number of rotatable bonds is 7. The number of hydrogen-bond acceptors (Lipinski definition) is 3. The van der Waals surface area contributed by atoms with Crippen LogP contribution in [0.15, 0.2) is 231 Å². The molecule has 60 heavy (non-hydrogen) atoms. The summed E-state index contributed by atoms with van der Waals surface area (Å²) in [6.07, 6.45) is 0. The van der Waals surface area contributed by atoms with Gasteiger partial charge < -0.3 is 9.64 Å². The molecule has 282 valence electrons. The largest absolute Gasteiger partial charge is 0.457 e. The van der Waals surface area contributed by atoms with Gasteiger partial charge in [0.15, 0.2) is 0 Å². The molecule has 9 aromatic rings. The first-order valence-electron chi connectivity index (χ1n) is 20.4. The van der Waals surface area contributed by atoms with E-state index in [9.17, 15) is 5.26 Å². The number of nitriles is 1. The van der Waals surface area contributed by atoms with E-state index in [0.29, 0.717) is 5.56 Å². The van der Waals surface area contributed by atoms with Gasteiger partial charge in [0.25, 0.3) is 0 Å². The molecule has 2 aliphatic rings. The van der Waals surface area contributed by atoms with E-state index in [1.807, 2.05) is 24.3 Å². The first-order valence-corrected chi connectivity index (χ1v) is 20.4. The summed E-state index contributed by atoms with van der Waals surface area (Å²) in [5.41, 5.74) is 14.0. The molecule has 0 amide bonds. The predicted octanol–water partition coefficient (Wildman–Crippen LogP) is 13.9. The van der Waals surface area contributed by atoms with Crippen molar-refractivity contribution in [2.75, 3.05) is 4.90 Å². The van der Waals surface area contributed by atoms with Crippen LogP contribution in [0, 0.1) is 11.3 Å². The third-order valence-corrected chi connectivity index (χ3v) is 12.5. The van der Waals surface area contributed by atoms with Crippen molar-refractivity contribution in [2.24, 2.45) is 0 Å². The van der Waals surface area contributed by atoms with Crippen molar-refractivity contribution < 1.29 is 4.74 Å². The van der Waals surface area contributed by atoms with Crippen molar-refractivity contribution in [3.05, 3.63) is 281 Å². The molecule has 9 aromatic carbocycles. The summed E-state index contributed by atoms with van der Waals surface area (Å²) >= 11 is 0. The molecule has 1 aliphatic carbocycles. The number of fused-ring (bicyclic) bond motifs is 5. The van der Waals surface area contributed by atoms with Crippen LogP contribution in [0.5, 0.6) is 11.5 Å². The molecule has 0 atom stereocenters. The average molecular weight is 767 g/mol. The second kappa shape index (κ2) is 14.2. The maximum absolute atomic E-state index is 9.94.